The summed E-state index contributed by atoms with van der Waals surface area (Å²) in [6.07, 6.45) is 0. The van der Waals surface area contributed by atoms with Crippen LogP contribution in [0.25, 0.3) is 0 Å². The van der Waals surface area contributed by atoms with E-state index in [4.69, 9.17) is 10.2 Å². The van der Waals surface area contributed by atoms with Crippen LogP contribution in [0, 0.1) is 27.7 Å². The van der Waals surface area contributed by atoms with Crippen molar-refractivity contribution in [3.63, 3.8) is 0 Å². The first kappa shape index (κ1) is 34.6. The van der Waals surface area contributed by atoms with Gasteiger partial charge in [-0.25, -0.2) is 23.3 Å². The third-order valence-corrected chi connectivity index (χ3v) is 5.60. The summed E-state index contributed by atoms with van der Waals surface area (Å²) in [5.41, 5.74) is 8.28. The molecule has 198 valence electrons. The Kier molecular flexibility index (Phi) is 14.8. The molecular formula is C34H46O2Zr. The van der Waals surface area contributed by atoms with Gasteiger partial charge in [0, 0.05) is 0 Å². The van der Waals surface area contributed by atoms with Crippen molar-refractivity contribution in [1.29, 1.82) is 0 Å². The molecule has 2 nitrogen and oxygen atoms in total. The Morgan fingerprint density at radius 3 is 0.919 bits per heavy atom. The Morgan fingerprint density at radius 1 is 0.514 bits per heavy atom. The Labute approximate surface area is 245 Å². The van der Waals surface area contributed by atoms with Crippen LogP contribution in [0.4, 0.5) is 0 Å². The van der Waals surface area contributed by atoms with Crippen LogP contribution >= 0.6 is 0 Å². The van der Waals surface area contributed by atoms with E-state index in [0.717, 1.165) is 0 Å². The Morgan fingerprint density at radius 2 is 0.784 bits per heavy atom. The molecule has 0 fully saturated rings. The van der Waals surface area contributed by atoms with Crippen LogP contribution in [0.2, 0.25) is 0 Å². The van der Waals surface area contributed by atoms with Gasteiger partial charge in [0.25, 0.3) is 0 Å². The monoisotopic (exact) mass is 576 g/mol. The zero-order chi connectivity index (χ0) is 27.5. The normalized spacial score (nSPS) is 10.4. The van der Waals surface area contributed by atoms with Crippen LogP contribution in [0.15, 0.2) is 84.9 Å². The van der Waals surface area contributed by atoms with Crippen molar-refractivity contribution < 1.29 is 36.4 Å². The predicted molar refractivity (Wildman–Crippen MR) is 157 cm³/mol. The van der Waals surface area contributed by atoms with E-state index in [2.05, 4.69) is 106 Å². The van der Waals surface area contributed by atoms with Crippen molar-refractivity contribution in [1.82, 2.24) is 0 Å². The third-order valence-electron chi connectivity index (χ3n) is 5.60. The van der Waals surface area contributed by atoms with Gasteiger partial charge in [-0.05, 0) is 46.2 Å². The summed E-state index contributed by atoms with van der Waals surface area (Å²) in [5.74, 6) is 0.663. The molecule has 0 unspecified atom stereocenters. The summed E-state index contributed by atoms with van der Waals surface area (Å²) < 4.78 is 0. The van der Waals surface area contributed by atoms with E-state index in [1.54, 1.807) is 24.3 Å². The summed E-state index contributed by atoms with van der Waals surface area (Å²) in [5, 5.41) is 18.0. The fourth-order valence-electron chi connectivity index (χ4n) is 3.36. The molecular weight excluding hydrogens is 532 g/mol. The molecule has 4 rings (SSSR count). The van der Waals surface area contributed by atoms with Gasteiger partial charge in [0.05, 0.1) is 0 Å². The van der Waals surface area contributed by atoms with Gasteiger partial charge >= 0.3 is 26.2 Å². The van der Waals surface area contributed by atoms with Crippen molar-refractivity contribution in [2.45, 2.75) is 80.1 Å². The van der Waals surface area contributed by atoms with Gasteiger partial charge in [-0.2, -0.15) is 35.4 Å². The van der Waals surface area contributed by atoms with Crippen LogP contribution in [0.3, 0.4) is 0 Å². The van der Waals surface area contributed by atoms with Gasteiger partial charge in [-0.1, -0.05) is 93.5 Å². The second-order valence-electron chi connectivity index (χ2n) is 11.5. The second-order valence-corrected chi connectivity index (χ2v) is 11.5. The van der Waals surface area contributed by atoms with Crippen LogP contribution in [0.1, 0.15) is 74.9 Å². The van der Waals surface area contributed by atoms with E-state index in [-0.39, 0.29) is 37.0 Å². The first-order valence-electron chi connectivity index (χ1n) is 12.6. The first-order chi connectivity index (χ1) is 16.6. The molecule has 0 radical (unpaired) electrons. The van der Waals surface area contributed by atoms with Gasteiger partial charge in [-0.15, -0.1) is 0 Å². The fourth-order valence-corrected chi connectivity index (χ4v) is 3.36. The van der Waals surface area contributed by atoms with Gasteiger partial charge in [0.2, 0.25) is 0 Å². The number of phenolic OH excluding ortho intramolecular Hbond substituents is 2. The molecule has 0 amide bonds. The topological polar surface area (TPSA) is 40.5 Å². The van der Waals surface area contributed by atoms with Gasteiger partial charge < -0.3 is 10.2 Å². The molecule has 0 aromatic heterocycles. The minimum absolute atomic E-state index is 0. The number of aryl methyl sites for hydroxylation is 4. The standard InChI is InChI=1S/2C10H14O.2C7H9.Zr/c2*1-10(2,3)8-4-6-9(11)7-5-8;2*1-6-3-4-7(2)5-6;/h2*4-7,11H,1-3H3;2*3-5H,1-2H3;/q;;2*-1;+2. The molecule has 4 aromatic rings. The van der Waals surface area contributed by atoms with Crippen LogP contribution < -0.4 is 0 Å². The van der Waals surface area contributed by atoms with E-state index < -0.39 is 0 Å². The van der Waals surface area contributed by atoms with E-state index in [1.165, 1.54) is 33.4 Å². The zero-order valence-electron chi connectivity index (χ0n) is 24.5. The summed E-state index contributed by atoms with van der Waals surface area (Å²) in [6, 6.07) is 27.5. The summed E-state index contributed by atoms with van der Waals surface area (Å²) >= 11 is 0. The number of hydrogen-bond acceptors (Lipinski definition) is 2. The van der Waals surface area contributed by atoms with E-state index in [1.807, 2.05) is 24.3 Å². The average molecular weight is 578 g/mol. The largest absolute Gasteiger partial charge is 2.00 e. The Bertz CT molecular complexity index is 1010. The van der Waals surface area contributed by atoms with Gasteiger partial charge in [-0.3, -0.25) is 0 Å². The Hall–Kier alpha value is -2.38. The molecule has 37 heavy (non-hydrogen) atoms. The maximum absolute atomic E-state index is 9.02. The molecule has 0 aliphatic rings. The molecule has 0 heterocycles. The Balaban J connectivity index is 0.000000473. The number of rotatable bonds is 0. The maximum Gasteiger partial charge on any atom is 2.00 e. The zero-order valence-corrected chi connectivity index (χ0v) is 26.9. The third kappa shape index (κ3) is 14.8. The van der Waals surface area contributed by atoms with Gasteiger partial charge in [0.1, 0.15) is 11.5 Å². The van der Waals surface area contributed by atoms with Crippen molar-refractivity contribution in [2.24, 2.45) is 0 Å². The quantitative estimate of drug-likeness (QED) is 0.204. The predicted octanol–water partition coefficient (Wildman–Crippen LogP) is 9.42. The summed E-state index contributed by atoms with van der Waals surface area (Å²) in [7, 11) is 0. The molecule has 0 atom stereocenters. The molecule has 0 spiro atoms. The number of hydrogen-bond donors (Lipinski definition) is 2. The molecule has 2 N–H and O–H groups in total. The second kappa shape index (κ2) is 15.8. The molecule has 0 bridgehead atoms. The van der Waals surface area contributed by atoms with Crippen molar-refractivity contribution in [2.75, 3.05) is 0 Å². The molecule has 0 saturated heterocycles. The van der Waals surface area contributed by atoms with Crippen molar-refractivity contribution in [3.05, 3.63) is 118 Å². The number of phenols is 2. The van der Waals surface area contributed by atoms with E-state index >= 15 is 0 Å². The molecule has 4 aromatic carbocycles. The first-order valence-corrected chi connectivity index (χ1v) is 12.6. The molecule has 0 aliphatic carbocycles. The molecule has 3 heteroatoms. The molecule has 0 aliphatic heterocycles. The van der Waals surface area contributed by atoms with Crippen LogP contribution in [0.5, 0.6) is 11.5 Å². The average Bonchev–Trinajstić information content (AvgIpc) is 3.34. The van der Waals surface area contributed by atoms with E-state index in [9.17, 15) is 0 Å². The maximum atomic E-state index is 9.02. The minimum atomic E-state index is 0. The fraction of sp³-hybridized carbons (Fsp3) is 0.353. The molecule has 0 saturated carbocycles. The van der Waals surface area contributed by atoms with Crippen molar-refractivity contribution >= 4 is 0 Å². The van der Waals surface area contributed by atoms with E-state index in [0.29, 0.717) is 11.5 Å². The van der Waals surface area contributed by atoms with Crippen LogP contribution in [-0.4, -0.2) is 10.2 Å². The number of aromatic hydroxyl groups is 2. The SMILES string of the molecule is CC(C)(C)c1ccc(O)cc1.CC(C)(C)c1ccc(O)cc1.Cc1cc[c-](C)c1.Cc1cc[c-](C)c1.[Zr+2]. The smallest absolute Gasteiger partial charge is 0.508 e. The van der Waals surface area contributed by atoms with Crippen molar-refractivity contribution in [3.8, 4) is 11.5 Å². The van der Waals surface area contributed by atoms with Gasteiger partial charge in [0.15, 0.2) is 0 Å². The summed E-state index contributed by atoms with van der Waals surface area (Å²) in [4.78, 5) is 0. The minimum Gasteiger partial charge on any atom is -0.508 e. The summed E-state index contributed by atoms with van der Waals surface area (Å²) in [6.45, 7) is 21.3. The number of benzene rings is 2. The van der Waals surface area contributed by atoms with Crippen LogP contribution in [-0.2, 0) is 37.0 Å².